The Morgan fingerprint density at radius 3 is 2.59 bits per heavy atom. The van der Waals surface area contributed by atoms with Gasteiger partial charge < -0.3 is 19.9 Å². The molecule has 10 heteroatoms. The average molecular weight is 652 g/mol. The van der Waals surface area contributed by atoms with Crippen molar-refractivity contribution >= 4 is 57.7 Å². The zero-order valence-corrected chi connectivity index (χ0v) is 27.0. The molecule has 2 amide bonds. The van der Waals surface area contributed by atoms with Gasteiger partial charge in [0, 0.05) is 63.8 Å². The maximum absolute atomic E-state index is 14.6. The standard InChI is InChI=1S/C34H36Cl2N4O3S/c1-23-18-25(35)9-8-24(23)22-40-31(41)20-34(44-27-6-3-2-4-7-27,33(42)37-12-5-13-39-14-16-43-17-15-39)32(40)29-21-38-30-19-26(36)10-11-28(29)30/h2-4,6-11,18-19,21,32,38H,5,12-17,20,22H2,1H3,(H,37,42)/t32-,34-/m0/s1. The number of amides is 2. The summed E-state index contributed by atoms with van der Waals surface area (Å²) in [6.45, 7) is 7.05. The fourth-order valence-corrected chi connectivity index (χ4v) is 8.14. The largest absolute Gasteiger partial charge is 0.379 e. The van der Waals surface area contributed by atoms with E-state index in [1.807, 2.05) is 84.8 Å². The fourth-order valence-electron chi connectivity index (χ4n) is 6.30. The Bertz CT molecular complexity index is 1640. The van der Waals surface area contributed by atoms with Crippen molar-refractivity contribution in [1.82, 2.24) is 20.1 Å². The average Bonchev–Trinajstić information content (AvgIpc) is 3.55. The highest BCUT2D eigenvalue weighted by Gasteiger charge is 2.58. The van der Waals surface area contributed by atoms with E-state index in [2.05, 4.69) is 15.2 Å². The van der Waals surface area contributed by atoms with Crippen molar-refractivity contribution in [1.29, 1.82) is 0 Å². The molecule has 2 N–H and O–H groups in total. The second-order valence-electron chi connectivity index (χ2n) is 11.5. The van der Waals surface area contributed by atoms with E-state index in [4.69, 9.17) is 27.9 Å². The molecule has 3 heterocycles. The second-order valence-corrected chi connectivity index (χ2v) is 13.8. The summed E-state index contributed by atoms with van der Waals surface area (Å²) < 4.78 is 4.36. The molecule has 3 aromatic carbocycles. The smallest absolute Gasteiger partial charge is 0.239 e. The molecule has 2 aliphatic rings. The Labute approximate surface area is 272 Å². The molecule has 6 rings (SSSR count). The molecule has 7 nitrogen and oxygen atoms in total. The van der Waals surface area contributed by atoms with Crippen molar-refractivity contribution in [3.63, 3.8) is 0 Å². The van der Waals surface area contributed by atoms with E-state index in [1.54, 1.807) is 0 Å². The highest BCUT2D eigenvalue weighted by atomic mass is 35.5. The van der Waals surface area contributed by atoms with Crippen LogP contribution in [0.25, 0.3) is 10.9 Å². The van der Waals surface area contributed by atoms with Crippen LogP contribution in [0, 0.1) is 6.92 Å². The molecule has 0 saturated carbocycles. The molecule has 0 radical (unpaired) electrons. The molecule has 230 valence electrons. The first-order valence-electron chi connectivity index (χ1n) is 15.0. The normalized spacial score (nSPS) is 20.8. The number of hydrogen-bond acceptors (Lipinski definition) is 5. The molecule has 1 aromatic heterocycles. The number of rotatable bonds is 10. The number of likely N-dealkylation sites (tertiary alicyclic amines) is 1. The SMILES string of the molecule is Cc1cc(Cl)ccc1CN1C(=O)C[C@@](Sc2ccccc2)(C(=O)NCCCN2CCOCC2)[C@@H]1c1c[nH]c2cc(Cl)ccc12. The van der Waals surface area contributed by atoms with Gasteiger partial charge in [-0.25, -0.2) is 0 Å². The van der Waals surface area contributed by atoms with E-state index in [9.17, 15) is 9.59 Å². The van der Waals surface area contributed by atoms with Crippen LogP contribution in [0.2, 0.25) is 10.0 Å². The van der Waals surface area contributed by atoms with Crippen LogP contribution in [0.1, 0.15) is 35.6 Å². The number of benzene rings is 3. The molecule has 0 aliphatic carbocycles. The quantitative estimate of drug-likeness (QED) is 0.189. The third-order valence-electron chi connectivity index (χ3n) is 8.57. The molecule has 2 aliphatic heterocycles. The minimum Gasteiger partial charge on any atom is -0.379 e. The summed E-state index contributed by atoms with van der Waals surface area (Å²) in [5.41, 5.74) is 3.73. The number of aryl methyl sites for hydroxylation is 1. The molecular weight excluding hydrogens is 615 g/mol. The lowest BCUT2D eigenvalue weighted by Crippen LogP contribution is -2.48. The molecule has 0 spiro atoms. The van der Waals surface area contributed by atoms with Crippen molar-refractivity contribution in [2.45, 2.75) is 42.0 Å². The van der Waals surface area contributed by atoms with E-state index in [0.717, 1.165) is 71.8 Å². The highest BCUT2D eigenvalue weighted by Crippen LogP contribution is 2.54. The van der Waals surface area contributed by atoms with Crippen LogP contribution in [0.4, 0.5) is 0 Å². The summed E-state index contributed by atoms with van der Waals surface area (Å²) in [4.78, 5) is 37.3. The van der Waals surface area contributed by atoms with Gasteiger partial charge in [-0.15, -0.1) is 11.8 Å². The predicted molar refractivity (Wildman–Crippen MR) is 177 cm³/mol. The molecule has 4 aromatic rings. The van der Waals surface area contributed by atoms with Crippen molar-refractivity contribution < 1.29 is 14.3 Å². The number of aromatic nitrogens is 1. The van der Waals surface area contributed by atoms with E-state index in [0.29, 0.717) is 23.1 Å². The van der Waals surface area contributed by atoms with Crippen LogP contribution in [-0.4, -0.2) is 70.7 Å². The topological polar surface area (TPSA) is 77.7 Å². The molecule has 0 bridgehead atoms. The van der Waals surface area contributed by atoms with Crippen LogP contribution in [0.5, 0.6) is 0 Å². The zero-order chi connectivity index (χ0) is 30.7. The molecule has 44 heavy (non-hydrogen) atoms. The van der Waals surface area contributed by atoms with Crippen LogP contribution in [-0.2, 0) is 20.9 Å². The number of fused-ring (bicyclic) bond motifs is 1. The summed E-state index contributed by atoms with van der Waals surface area (Å²) in [6, 6.07) is 20.8. The first kappa shape index (κ1) is 31.0. The summed E-state index contributed by atoms with van der Waals surface area (Å²) in [5.74, 6) is -0.204. The van der Waals surface area contributed by atoms with Gasteiger partial charge in [0.1, 0.15) is 4.75 Å². The van der Waals surface area contributed by atoms with E-state index in [1.165, 1.54) is 11.8 Å². The molecule has 2 fully saturated rings. The third kappa shape index (κ3) is 6.51. The molecule has 2 atom stereocenters. The van der Waals surface area contributed by atoms with Crippen LogP contribution >= 0.6 is 35.0 Å². The van der Waals surface area contributed by atoms with Crippen molar-refractivity contribution in [3.05, 3.63) is 99.7 Å². The second kappa shape index (κ2) is 13.5. The number of ether oxygens (including phenoxy) is 1. The fraction of sp³-hybridized carbons (Fsp3) is 0.353. The van der Waals surface area contributed by atoms with Gasteiger partial charge in [-0.3, -0.25) is 14.5 Å². The minimum absolute atomic E-state index is 0.0689. The number of halogens is 2. The number of aromatic amines is 1. The Kier molecular flexibility index (Phi) is 9.54. The summed E-state index contributed by atoms with van der Waals surface area (Å²) in [7, 11) is 0. The van der Waals surface area contributed by atoms with Gasteiger partial charge in [-0.1, -0.05) is 53.5 Å². The lowest BCUT2D eigenvalue weighted by atomic mass is 9.91. The monoisotopic (exact) mass is 650 g/mol. The van der Waals surface area contributed by atoms with Crippen LogP contribution in [0.3, 0.4) is 0 Å². The molecule has 0 unspecified atom stereocenters. The van der Waals surface area contributed by atoms with E-state index < -0.39 is 10.8 Å². The minimum atomic E-state index is -1.12. The van der Waals surface area contributed by atoms with Gasteiger partial charge in [0.2, 0.25) is 11.8 Å². The first-order valence-corrected chi connectivity index (χ1v) is 16.5. The first-order chi connectivity index (χ1) is 21.3. The van der Waals surface area contributed by atoms with E-state index in [-0.39, 0.29) is 18.2 Å². The summed E-state index contributed by atoms with van der Waals surface area (Å²) in [6.07, 6.45) is 2.81. The lowest BCUT2D eigenvalue weighted by molar-refractivity contribution is -0.129. The van der Waals surface area contributed by atoms with Crippen molar-refractivity contribution in [3.8, 4) is 0 Å². The van der Waals surface area contributed by atoms with Gasteiger partial charge in [0.15, 0.2) is 0 Å². The number of carbonyl (C=O) groups is 2. The van der Waals surface area contributed by atoms with Gasteiger partial charge in [-0.2, -0.15) is 0 Å². The Morgan fingerprint density at radius 2 is 1.82 bits per heavy atom. The number of carbonyl (C=O) groups excluding carboxylic acids is 2. The number of nitrogens with one attached hydrogen (secondary N) is 2. The van der Waals surface area contributed by atoms with Gasteiger partial charge in [0.25, 0.3) is 0 Å². The summed E-state index contributed by atoms with van der Waals surface area (Å²) in [5, 5.41) is 5.45. The number of H-pyrrole nitrogens is 1. The lowest BCUT2D eigenvalue weighted by Gasteiger charge is -2.36. The predicted octanol–water partition coefficient (Wildman–Crippen LogP) is 6.63. The molecule has 2 saturated heterocycles. The number of hydrogen-bond donors (Lipinski definition) is 2. The van der Waals surface area contributed by atoms with E-state index >= 15 is 0 Å². The van der Waals surface area contributed by atoms with Crippen molar-refractivity contribution in [2.75, 3.05) is 39.4 Å². The highest BCUT2D eigenvalue weighted by molar-refractivity contribution is 8.01. The summed E-state index contributed by atoms with van der Waals surface area (Å²) >= 11 is 14.1. The Balaban J connectivity index is 1.39. The maximum Gasteiger partial charge on any atom is 0.239 e. The third-order valence-corrected chi connectivity index (χ3v) is 10.5. The van der Waals surface area contributed by atoms with Crippen molar-refractivity contribution in [2.24, 2.45) is 0 Å². The van der Waals surface area contributed by atoms with Crippen LogP contribution < -0.4 is 5.32 Å². The number of morpholine rings is 1. The Morgan fingerprint density at radius 1 is 1.07 bits per heavy atom. The van der Waals surface area contributed by atoms with Gasteiger partial charge in [0.05, 0.1) is 25.7 Å². The number of nitrogens with zero attached hydrogens (tertiary/aromatic N) is 2. The number of thioether (sulfide) groups is 1. The van der Waals surface area contributed by atoms with Crippen LogP contribution in [0.15, 0.2) is 77.8 Å². The Hall–Kier alpha value is -3.01. The molecular formula is C34H36Cl2N4O3S. The van der Waals surface area contributed by atoms with Gasteiger partial charge in [-0.05, 0) is 67.4 Å². The van der Waals surface area contributed by atoms with Gasteiger partial charge >= 0.3 is 0 Å². The maximum atomic E-state index is 14.6. The zero-order valence-electron chi connectivity index (χ0n) is 24.7.